The van der Waals surface area contributed by atoms with E-state index in [1.807, 2.05) is 0 Å². The Hall–Kier alpha value is -3.35. The molecule has 3 heterocycles. The second-order valence-electron chi connectivity index (χ2n) is 8.58. The van der Waals surface area contributed by atoms with Gasteiger partial charge in [0.1, 0.15) is 6.04 Å². The van der Waals surface area contributed by atoms with Crippen LogP contribution in [-0.2, 0) is 19.1 Å². The van der Waals surface area contributed by atoms with Crippen molar-refractivity contribution in [3.63, 3.8) is 0 Å². The van der Waals surface area contributed by atoms with Crippen LogP contribution in [-0.4, -0.2) is 104 Å². The second-order valence-corrected chi connectivity index (χ2v) is 8.58. The Morgan fingerprint density at radius 2 is 1.89 bits per heavy atom. The van der Waals surface area contributed by atoms with Crippen molar-refractivity contribution >= 4 is 35.2 Å². The molecule has 2 saturated heterocycles. The standard InChI is InChI=1S/C23H30N6O6/c30-18-5-4-17(21(32)27-18)29-22(33)15-2-1-3-16(20(15)23(29)34)26-14-19(31)25-8-12-35-13-11-28-9-6-24-7-10-28/h1-3,17,24,26H,4-14H2,(H,25,31)(H,27,30,32). The van der Waals surface area contributed by atoms with Gasteiger partial charge in [-0.1, -0.05) is 6.07 Å². The molecule has 0 saturated carbocycles. The van der Waals surface area contributed by atoms with Gasteiger partial charge in [-0.2, -0.15) is 0 Å². The molecule has 12 heteroatoms. The predicted molar refractivity (Wildman–Crippen MR) is 125 cm³/mol. The molecule has 2 fully saturated rings. The Bertz CT molecular complexity index is 1010. The van der Waals surface area contributed by atoms with Crippen LogP contribution in [0.4, 0.5) is 5.69 Å². The minimum absolute atomic E-state index is 0.0501. The number of nitrogens with one attached hydrogen (secondary N) is 4. The Morgan fingerprint density at radius 3 is 2.66 bits per heavy atom. The maximum Gasteiger partial charge on any atom is 0.264 e. The largest absolute Gasteiger partial charge is 0.378 e. The first-order chi connectivity index (χ1) is 17.0. The summed E-state index contributed by atoms with van der Waals surface area (Å²) in [5.74, 6) is -2.60. The van der Waals surface area contributed by atoms with E-state index in [0.717, 1.165) is 37.6 Å². The van der Waals surface area contributed by atoms with Gasteiger partial charge in [0.25, 0.3) is 11.8 Å². The van der Waals surface area contributed by atoms with E-state index in [0.29, 0.717) is 25.4 Å². The van der Waals surface area contributed by atoms with E-state index in [2.05, 4.69) is 26.2 Å². The lowest BCUT2D eigenvalue weighted by Gasteiger charge is -2.27. The topological polar surface area (TPSA) is 149 Å². The summed E-state index contributed by atoms with van der Waals surface area (Å²) < 4.78 is 5.58. The van der Waals surface area contributed by atoms with Gasteiger partial charge in [0.2, 0.25) is 17.7 Å². The summed E-state index contributed by atoms with van der Waals surface area (Å²) in [4.78, 5) is 65.0. The van der Waals surface area contributed by atoms with Crippen LogP contribution in [0, 0.1) is 0 Å². The van der Waals surface area contributed by atoms with Crippen molar-refractivity contribution in [3.05, 3.63) is 29.3 Å². The average molecular weight is 487 g/mol. The number of rotatable bonds is 10. The number of fused-ring (bicyclic) bond motifs is 1. The molecule has 1 atom stereocenters. The molecule has 0 aromatic heterocycles. The summed E-state index contributed by atoms with van der Waals surface area (Å²) in [6.07, 6.45) is 0.132. The van der Waals surface area contributed by atoms with Crippen molar-refractivity contribution < 1.29 is 28.7 Å². The Morgan fingerprint density at radius 1 is 1.09 bits per heavy atom. The van der Waals surface area contributed by atoms with Gasteiger partial charge in [0.05, 0.1) is 30.9 Å². The van der Waals surface area contributed by atoms with Crippen LogP contribution < -0.4 is 21.3 Å². The molecule has 4 rings (SSSR count). The molecule has 188 valence electrons. The highest BCUT2D eigenvalue weighted by Crippen LogP contribution is 2.32. The zero-order chi connectivity index (χ0) is 24.8. The third-order valence-electron chi connectivity index (χ3n) is 6.24. The summed E-state index contributed by atoms with van der Waals surface area (Å²) in [5, 5.41) is 11.1. The van der Waals surface area contributed by atoms with Crippen LogP contribution >= 0.6 is 0 Å². The molecule has 0 radical (unpaired) electrons. The lowest BCUT2D eigenvalue weighted by Crippen LogP contribution is -2.54. The second kappa shape index (κ2) is 11.4. The van der Waals surface area contributed by atoms with Crippen molar-refractivity contribution in [1.82, 2.24) is 25.8 Å². The highest BCUT2D eigenvalue weighted by atomic mass is 16.5. The molecule has 5 amide bonds. The van der Waals surface area contributed by atoms with Crippen molar-refractivity contribution in [2.75, 3.05) is 64.3 Å². The summed E-state index contributed by atoms with van der Waals surface area (Å²) in [6.45, 7) is 6.11. The first kappa shape index (κ1) is 24.8. The van der Waals surface area contributed by atoms with Gasteiger partial charge in [-0.3, -0.25) is 39.1 Å². The van der Waals surface area contributed by atoms with Crippen LogP contribution in [0.3, 0.4) is 0 Å². The maximum absolute atomic E-state index is 13.1. The number of anilines is 1. The Kier molecular flexibility index (Phi) is 8.06. The minimum atomic E-state index is -1.04. The molecule has 0 aliphatic carbocycles. The van der Waals surface area contributed by atoms with E-state index in [4.69, 9.17) is 4.74 Å². The molecule has 35 heavy (non-hydrogen) atoms. The van der Waals surface area contributed by atoms with E-state index in [-0.39, 0.29) is 36.4 Å². The third kappa shape index (κ3) is 5.84. The van der Waals surface area contributed by atoms with Crippen LogP contribution in [0.1, 0.15) is 33.6 Å². The van der Waals surface area contributed by atoms with E-state index in [1.54, 1.807) is 12.1 Å². The molecule has 4 N–H and O–H groups in total. The van der Waals surface area contributed by atoms with Crippen molar-refractivity contribution in [2.24, 2.45) is 0 Å². The lowest BCUT2D eigenvalue weighted by molar-refractivity contribution is -0.136. The number of nitrogens with zero attached hydrogens (tertiary/aromatic N) is 2. The summed E-state index contributed by atoms with van der Waals surface area (Å²) >= 11 is 0. The molecular weight excluding hydrogens is 456 g/mol. The minimum Gasteiger partial charge on any atom is -0.378 e. The van der Waals surface area contributed by atoms with Crippen LogP contribution in [0.15, 0.2) is 18.2 Å². The molecular formula is C23H30N6O6. The third-order valence-corrected chi connectivity index (χ3v) is 6.24. The SMILES string of the molecule is O=C(CNc1cccc2c1C(=O)N(C1CCC(=O)NC1=O)C2=O)NCCOCCN1CCNCC1. The van der Waals surface area contributed by atoms with Crippen LogP contribution in [0.2, 0.25) is 0 Å². The van der Waals surface area contributed by atoms with Gasteiger partial charge in [-0.25, -0.2) is 0 Å². The molecule has 0 spiro atoms. The van der Waals surface area contributed by atoms with E-state index in [1.165, 1.54) is 6.07 Å². The van der Waals surface area contributed by atoms with Crippen LogP contribution in [0.5, 0.6) is 0 Å². The smallest absolute Gasteiger partial charge is 0.264 e. The summed E-state index contributed by atoms with van der Waals surface area (Å²) in [7, 11) is 0. The molecule has 12 nitrogen and oxygen atoms in total. The molecule has 1 unspecified atom stereocenters. The molecule has 1 aromatic carbocycles. The molecule has 3 aliphatic rings. The van der Waals surface area contributed by atoms with Gasteiger partial charge in [-0.05, 0) is 18.6 Å². The number of ether oxygens (including phenoxy) is 1. The lowest BCUT2D eigenvalue weighted by atomic mass is 10.0. The number of hydrogen-bond acceptors (Lipinski definition) is 9. The number of amides is 5. The fourth-order valence-corrected chi connectivity index (χ4v) is 4.39. The zero-order valence-corrected chi connectivity index (χ0v) is 19.4. The Labute approximate surface area is 202 Å². The highest BCUT2D eigenvalue weighted by Gasteiger charge is 2.45. The van der Waals surface area contributed by atoms with Gasteiger partial charge >= 0.3 is 0 Å². The monoisotopic (exact) mass is 486 g/mol. The highest BCUT2D eigenvalue weighted by molar-refractivity contribution is 6.25. The van der Waals surface area contributed by atoms with Gasteiger partial charge in [-0.15, -0.1) is 0 Å². The average Bonchev–Trinajstić information content (AvgIpc) is 3.11. The number of benzene rings is 1. The Balaban J connectivity index is 1.24. The van der Waals surface area contributed by atoms with Crippen molar-refractivity contribution in [2.45, 2.75) is 18.9 Å². The quantitative estimate of drug-likeness (QED) is 0.230. The number of carbonyl (C=O) groups is 5. The number of piperazine rings is 1. The number of hydrogen-bond donors (Lipinski definition) is 4. The van der Waals surface area contributed by atoms with E-state index >= 15 is 0 Å². The normalized spacial score (nSPS) is 20.6. The zero-order valence-electron chi connectivity index (χ0n) is 19.4. The summed E-state index contributed by atoms with van der Waals surface area (Å²) in [6, 6.07) is 3.67. The van der Waals surface area contributed by atoms with E-state index < -0.39 is 29.7 Å². The van der Waals surface area contributed by atoms with Gasteiger partial charge < -0.3 is 20.7 Å². The molecule has 1 aromatic rings. The summed E-state index contributed by atoms with van der Waals surface area (Å²) in [5.41, 5.74) is 0.604. The van der Waals surface area contributed by atoms with Gasteiger partial charge in [0.15, 0.2) is 0 Å². The predicted octanol–water partition coefficient (Wildman–Crippen LogP) is -1.46. The van der Waals surface area contributed by atoms with Crippen molar-refractivity contribution in [3.8, 4) is 0 Å². The molecule has 0 bridgehead atoms. The molecule has 3 aliphatic heterocycles. The van der Waals surface area contributed by atoms with Crippen LogP contribution in [0.25, 0.3) is 0 Å². The number of imide groups is 2. The van der Waals surface area contributed by atoms with E-state index in [9.17, 15) is 24.0 Å². The number of carbonyl (C=O) groups excluding carboxylic acids is 5. The number of piperidine rings is 1. The fourth-order valence-electron chi connectivity index (χ4n) is 4.39. The van der Waals surface area contributed by atoms with Crippen molar-refractivity contribution in [1.29, 1.82) is 0 Å². The first-order valence-corrected chi connectivity index (χ1v) is 11.8. The van der Waals surface area contributed by atoms with Gasteiger partial charge in [0, 0.05) is 51.4 Å². The fraction of sp³-hybridized carbons (Fsp3) is 0.522. The maximum atomic E-state index is 13.1. The first-order valence-electron chi connectivity index (χ1n) is 11.8.